The molecule has 1 aromatic rings. The Hall–Kier alpha value is -0.753. The van der Waals surface area contributed by atoms with Crippen LogP contribution in [0.3, 0.4) is 0 Å². The second-order valence-corrected chi connectivity index (χ2v) is 23.6. The molecule has 0 spiro atoms. The Labute approximate surface area is 265 Å². The lowest BCUT2D eigenvalue weighted by atomic mass is 10.0. The van der Waals surface area contributed by atoms with E-state index in [1.54, 1.807) is 47.6 Å². The minimum absolute atomic E-state index is 0.0280. The standard InChI is InChI=1S/C29H50BrFN4O4S2Si/c1-10-42(11-2,12-3)22-19-23(30)34-26(25(22)31)29(9,35-40(36)27(4,5)6)21-41(37,28(7,8)20-32)33-16-18-39-24-15-13-14-17-38-24/h19,24,35H,10-18,21H2,1-9H3/t24?,29-,40+,41?/m0/s1. The number of halogens is 2. The van der Waals surface area contributed by atoms with Gasteiger partial charge in [-0.15, -0.1) is 0 Å². The number of nitrogens with one attached hydrogen (secondary N) is 1. The highest BCUT2D eigenvalue weighted by molar-refractivity contribution is 9.10. The molecule has 0 amide bonds. The molecule has 1 N–H and O–H groups in total. The van der Waals surface area contributed by atoms with Crippen molar-refractivity contribution in [2.75, 3.05) is 25.5 Å². The van der Waals surface area contributed by atoms with Gasteiger partial charge in [-0.3, -0.25) is 0 Å². The van der Waals surface area contributed by atoms with Crippen LogP contribution in [0.2, 0.25) is 18.1 Å². The highest BCUT2D eigenvalue weighted by Gasteiger charge is 2.46. The van der Waals surface area contributed by atoms with Crippen LogP contribution >= 0.6 is 15.9 Å². The number of aromatic nitrogens is 1. The number of hydrogen-bond donors (Lipinski definition) is 1. The van der Waals surface area contributed by atoms with E-state index in [4.69, 9.17) is 9.47 Å². The number of nitriles is 1. The first-order valence-corrected chi connectivity index (χ1v) is 21.1. The van der Waals surface area contributed by atoms with E-state index < -0.39 is 49.6 Å². The van der Waals surface area contributed by atoms with Gasteiger partial charge in [-0.2, -0.15) is 5.26 Å². The molecular formula is C29H50BrFN4O4S2Si. The van der Waals surface area contributed by atoms with Gasteiger partial charge in [0.2, 0.25) is 0 Å². The zero-order valence-corrected chi connectivity index (χ0v) is 31.0. The number of rotatable bonds is 14. The highest BCUT2D eigenvalue weighted by Crippen LogP contribution is 2.34. The van der Waals surface area contributed by atoms with E-state index in [1.165, 1.54) is 0 Å². The first-order valence-electron chi connectivity index (χ1n) is 14.9. The van der Waals surface area contributed by atoms with E-state index in [0.29, 0.717) is 16.4 Å². The summed E-state index contributed by atoms with van der Waals surface area (Å²) >= 11 is 3.51. The molecule has 0 radical (unpaired) electrons. The molecule has 0 saturated carbocycles. The Morgan fingerprint density at radius 1 is 1.24 bits per heavy atom. The summed E-state index contributed by atoms with van der Waals surface area (Å²) in [6.45, 7) is 17.4. The van der Waals surface area contributed by atoms with Gasteiger partial charge >= 0.3 is 0 Å². The molecule has 0 aliphatic carbocycles. The lowest BCUT2D eigenvalue weighted by molar-refractivity contribution is -0.160. The van der Waals surface area contributed by atoms with Crippen molar-refractivity contribution in [2.45, 2.75) is 121 Å². The van der Waals surface area contributed by atoms with Crippen LogP contribution in [0.5, 0.6) is 0 Å². The van der Waals surface area contributed by atoms with Crippen LogP contribution in [0, 0.1) is 17.1 Å². The quantitative estimate of drug-likeness (QED) is 0.138. The topological polar surface area (TPSA) is 114 Å². The summed E-state index contributed by atoms with van der Waals surface area (Å²) in [6, 6.07) is 6.49. The summed E-state index contributed by atoms with van der Waals surface area (Å²) in [5, 5.41) is 10.7. The van der Waals surface area contributed by atoms with Crippen molar-refractivity contribution in [3.63, 3.8) is 0 Å². The molecule has 13 heteroatoms. The van der Waals surface area contributed by atoms with Gasteiger partial charge in [-0.05, 0) is 88.0 Å². The number of ether oxygens (including phenoxy) is 2. The van der Waals surface area contributed by atoms with Crippen LogP contribution in [-0.2, 0) is 35.7 Å². The fourth-order valence-electron chi connectivity index (χ4n) is 5.14. The second kappa shape index (κ2) is 15.0. The molecule has 8 nitrogen and oxygen atoms in total. The Bertz CT molecular complexity index is 1260. The molecule has 1 aromatic heterocycles. The third kappa shape index (κ3) is 8.70. The van der Waals surface area contributed by atoms with Gasteiger partial charge in [0, 0.05) is 6.61 Å². The third-order valence-corrected chi connectivity index (χ3v) is 19.3. The summed E-state index contributed by atoms with van der Waals surface area (Å²) in [5.41, 5.74) is -1.46. The maximum absolute atomic E-state index is 16.8. The molecular weight excluding hydrogens is 659 g/mol. The maximum atomic E-state index is 16.8. The Morgan fingerprint density at radius 3 is 2.36 bits per heavy atom. The summed E-state index contributed by atoms with van der Waals surface area (Å²) in [6.07, 6.45) is 2.47. The van der Waals surface area contributed by atoms with E-state index in [0.717, 1.165) is 37.4 Å². The predicted octanol–water partition coefficient (Wildman–Crippen LogP) is 6.28. The molecule has 2 heterocycles. The number of pyridine rings is 1. The van der Waals surface area contributed by atoms with E-state index in [-0.39, 0.29) is 30.9 Å². The van der Waals surface area contributed by atoms with Crippen LogP contribution in [0.15, 0.2) is 15.0 Å². The molecule has 1 fully saturated rings. The van der Waals surface area contributed by atoms with Crippen LogP contribution in [0.4, 0.5) is 4.39 Å². The fourth-order valence-corrected chi connectivity index (χ4v) is 12.7. The summed E-state index contributed by atoms with van der Waals surface area (Å²) in [5.74, 6) is -0.744. The highest BCUT2D eigenvalue weighted by atomic mass is 79.9. The summed E-state index contributed by atoms with van der Waals surface area (Å²) < 4.78 is 62.6. The second-order valence-electron chi connectivity index (χ2n) is 12.7. The first-order chi connectivity index (χ1) is 19.4. The normalized spacial score (nSPS) is 20.3. The Balaban J connectivity index is 2.71. The minimum Gasteiger partial charge on any atom is -0.353 e. The number of hydrogen-bond acceptors (Lipinski definition) is 7. The monoisotopic (exact) mass is 708 g/mol. The van der Waals surface area contributed by atoms with Crippen molar-refractivity contribution in [3.05, 3.63) is 22.2 Å². The molecule has 0 bridgehead atoms. The first kappa shape index (κ1) is 37.4. The predicted molar refractivity (Wildman–Crippen MR) is 177 cm³/mol. The number of nitrogens with zero attached hydrogens (tertiary/aromatic N) is 3. The Morgan fingerprint density at radius 2 is 1.86 bits per heavy atom. The average molecular weight is 710 g/mol. The van der Waals surface area contributed by atoms with Gasteiger partial charge in [-0.25, -0.2) is 26.9 Å². The van der Waals surface area contributed by atoms with Gasteiger partial charge < -0.3 is 9.47 Å². The molecule has 42 heavy (non-hydrogen) atoms. The summed E-state index contributed by atoms with van der Waals surface area (Å²) in [7, 11) is -7.28. The van der Waals surface area contributed by atoms with Gasteiger partial charge in [-0.1, -0.05) is 38.9 Å². The average Bonchev–Trinajstić information content (AvgIpc) is 2.93. The van der Waals surface area contributed by atoms with Crippen LogP contribution in [0.25, 0.3) is 0 Å². The zero-order chi connectivity index (χ0) is 32.0. The SMILES string of the molecule is CC[Si](CC)(CC)c1cc(Br)nc([C@](C)(CS(=O)(=NCCOC2CCCCO2)C(C)(C)C#N)N[S@](=O)C(C)(C)C)c1F. The van der Waals surface area contributed by atoms with E-state index in [9.17, 15) is 13.7 Å². The van der Waals surface area contributed by atoms with Crippen molar-refractivity contribution in [3.8, 4) is 6.07 Å². The lowest BCUT2D eigenvalue weighted by Gasteiger charge is -2.37. The largest absolute Gasteiger partial charge is 0.353 e. The lowest BCUT2D eigenvalue weighted by Crippen LogP contribution is -2.55. The molecule has 240 valence electrons. The molecule has 1 aliphatic rings. The van der Waals surface area contributed by atoms with Crippen LogP contribution in [-0.4, -0.2) is 62.8 Å². The molecule has 4 atom stereocenters. The zero-order valence-electron chi connectivity index (χ0n) is 26.8. The molecule has 1 saturated heterocycles. The molecule has 1 aliphatic heterocycles. The van der Waals surface area contributed by atoms with Crippen LogP contribution < -0.4 is 9.91 Å². The van der Waals surface area contributed by atoms with E-state index in [1.807, 2.05) is 0 Å². The fraction of sp³-hybridized carbons (Fsp3) is 0.793. The summed E-state index contributed by atoms with van der Waals surface area (Å²) in [4.78, 5) is 4.58. The van der Waals surface area contributed by atoms with Gasteiger partial charge in [0.25, 0.3) is 0 Å². The minimum atomic E-state index is -3.38. The molecule has 0 aromatic carbocycles. The van der Waals surface area contributed by atoms with Crippen molar-refractivity contribution in [1.29, 1.82) is 5.26 Å². The van der Waals surface area contributed by atoms with Gasteiger partial charge in [0.1, 0.15) is 15.2 Å². The van der Waals surface area contributed by atoms with Gasteiger partial charge in [0.15, 0.2) is 6.29 Å². The van der Waals surface area contributed by atoms with Gasteiger partial charge in [0.05, 0.1) is 69.7 Å². The third-order valence-electron chi connectivity index (χ3n) is 8.31. The molecule has 2 unspecified atom stereocenters. The maximum Gasteiger partial charge on any atom is 0.157 e. The Kier molecular flexibility index (Phi) is 13.4. The smallest absolute Gasteiger partial charge is 0.157 e. The van der Waals surface area contributed by atoms with Crippen molar-refractivity contribution < 1.29 is 22.3 Å². The van der Waals surface area contributed by atoms with E-state index in [2.05, 4.69) is 56.8 Å². The van der Waals surface area contributed by atoms with Crippen molar-refractivity contribution in [1.82, 2.24) is 9.71 Å². The van der Waals surface area contributed by atoms with E-state index >= 15 is 4.39 Å². The van der Waals surface area contributed by atoms with Crippen molar-refractivity contribution >= 4 is 49.9 Å². The van der Waals surface area contributed by atoms with Crippen molar-refractivity contribution in [2.24, 2.45) is 4.36 Å². The van der Waals surface area contributed by atoms with Crippen LogP contribution in [0.1, 0.15) is 87.3 Å². The molecule has 2 rings (SSSR count).